The Labute approximate surface area is 121 Å². The molecule has 0 aliphatic rings. The maximum absolute atomic E-state index is 11.2. The summed E-state index contributed by atoms with van der Waals surface area (Å²) in [7, 11) is 1.66. The maximum Gasteiger partial charge on any atom is 0.332 e. The van der Waals surface area contributed by atoms with E-state index in [0.29, 0.717) is 18.1 Å². The summed E-state index contributed by atoms with van der Waals surface area (Å²) in [6, 6.07) is 3.59. The van der Waals surface area contributed by atoms with Gasteiger partial charge in [-0.05, 0) is 26.0 Å². The monoisotopic (exact) mass is 291 g/mol. The van der Waals surface area contributed by atoms with E-state index >= 15 is 0 Å². The van der Waals surface area contributed by atoms with E-state index in [9.17, 15) is 10.1 Å². The lowest BCUT2D eigenvalue weighted by Crippen LogP contribution is -2.20. The van der Waals surface area contributed by atoms with Crippen molar-refractivity contribution in [3.8, 4) is 0 Å². The molecule has 2 N–H and O–H groups in total. The first-order valence-corrected chi connectivity index (χ1v) is 6.51. The largest absolute Gasteiger partial charge is 0.469 e. The van der Waals surface area contributed by atoms with E-state index in [4.69, 9.17) is 4.42 Å². The Kier molecular flexibility index (Phi) is 4.36. The molecule has 1 unspecified atom stereocenters. The van der Waals surface area contributed by atoms with Crippen molar-refractivity contribution in [2.75, 3.05) is 17.7 Å². The fourth-order valence-electron chi connectivity index (χ4n) is 2.01. The minimum absolute atomic E-state index is 0.0751. The van der Waals surface area contributed by atoms with Crippen molar-refractivity contribution in [2.24, 2.45) is 0 Å². The van der Waals surface area contributed by atoms with Crippen molar-refractivity contribution in [3.05, 3.63) is 40.0 Å². The number of rotatable bonds is 6. The topological polar surface area (TPSA) is 106 Å². The zero-order valence-corrected chi connectivity index (χ0v) is 12.1. The minimum Gasteiger partial charge on any atom is -0.469 e. The normalized spacial score (nSPS) is 12.0. The molecule has 2 rings (SSSR count). The van der Waals surface area contributed by atoms with Crippen LogP contribution in [0.5, 0.6) is 0 Å². The van der Waals surface area contributed by atoms with Crippen LogP contribution in [0.2, 0.25) is 0 Å². The Morgan fingerprint density at radius 3 is 2.81 bits per heavy atom. The van der Waals surface area contributed by atoms with Gasteiger partial charge in [0, 0.05) is 19.5 Å². The van der Waals surface area contributed by atoms with E-state index in [-0.39, 0.29) is 17.5 Å². The van der Waals surface area contributed by atoms with Crippen LogP contribution in [-0.4, -0.2) is 28.0 Å². The molecule has 0 saturated carbocycles. The van der Waals surface area contributed by atoms with Crippen LogP contribution >= 0.6 is 0 Å². The number of furan rings is 1. The Balaban J connectivity index is 2.24. The summed E-state index contributed by atoms with van der Waals surface area (Å²) < 4.78 is 5.27. The number of nitrogens with zero attached hydrogens (tertiary/aromatic N) is 3. The SMILES string of the molecule is CNc1nc(C)c([N+](=O)[O-])c(NC(C)Cc2ccco2)n1. The highest BCUT2D eigenvalue weighted by Crippen LogP contribution is 2.27. The van der Waals surface area contributed by atoms with Crippen LogP contribution in [-0.2, 0) is 6.42 Å². The smallest absolute Gasteiger partial charge is 0.332 e. The maximum atomic E-state index is 11.2. The second-order valence-corrected chi connectivity index (χ2v) is 4.67. The van der Waals surface area contributed by atoms with Crippen molar-refractivity contribution in [1.82, 2.24) is 9.97 Å². The van der Waals surface area contributed by atoms with Crippen LogP contribution in [0.1, 0.15) is 18.4 Å². The lowest BCUT2D eigenvalue weighted by Gasteiger charge is -2.14. The van der Waals surface area contributed by atoms with E-state index in [0.717, 1.165) is 5.76 Å². The molecular weight excluding hydrogens is 274 g/mol. The van der Waals surface area contributed by atoms with Gasteiger partial charge in [0.15, 0.2) is 0 Å². The standard InChI is InChI=1S/C13H17N5O3/c1-8(7-10-5-4-6-21-10)15-12-11(18(19)20)9(2)16-13(14-3)17-12/h4-6,8H,7H2,1-3H3,(H2,14,15,16,17). The summed E-state index contributed by atoms with van der Waals surface area (Å²) in [6.07, 6.45) is 2.19. The van der Waals surface area contributed by atoms with Gasteiger partial charge in [-0.25, -0.2) is 4.98 Å². The Morgan fingerprint density at radius 1 is 1.48 bits per heavy atom. The first-order valence-electron chi connectivity index (χ1n) is 6.51. The molecule has 0 aromatic carbocycles. The van der Waals surface area contributed by atoms with Crippen molar-refractivity contribution in [2.45, 2.75) is 26.3 Å². The quantitative estimate of drug-likeness (QED) is 0.621. The molecule has 0 saturated heterocycles. The highest BCUT2D eigenvalue weighted by Gasteiger charge is 2.23. The van der Waals surface area contributed by atoms with Gasteiger partial charge < -0.3 is 15.1 Å². The minimum atomic E-state index is -0.475. The predicted molar refractivity (Wildman–Crippen MR) is 78.5 cm³/mol. The van der Waals surface area contributed by atoms with E-state index in [1.165, 1.54) is 0 Å². The second-order valence-electron chi connectivity index (χ2n) is 4.67. The Morgan fingerprint density at radius 2 is 2.24 bits per heavy atom. The molecule has 0 fully saturated rings. The Hall–Kier alpha value is -2.64. The molecule has 8 heteroatoms. The highest BCUT2D eigenvalue weighted by atomic mass is 16.6. The van der Waals surface area contributed by atoms with Crippen LogP contribution in [0.3, 0.4) is 0 Å². The van der Waals surface area contributed by atoms with Gasteiger partial charge in [0.1, 0.15) is 11.5 Å². The fourth-order valence-corrected chi connectivity index (χ4v) is 2.01. The van der Waals surface area contributed by atoms with E-state index in [1.807, 2.05) is 13.0 Å². The van der Waals surface area contributed by atoms with Crippen molar-refractivity contribution < 1.29 is 9.34 Å². The molecule has 0 amide bonds. The molecule has 112 valence electrons. The van der Waals surface area contributed by atoms with Gasteiger partial charge in [0.2, 0.25) is 11.8 Å². The third-order valence-corrected chi connectivity index (χ3v) is 2.94. The molecule has 0 aliphatic heterocycles. The number of hydrogen-bond donors (Lipinski definition) is 2. The predicted octanol–water partition coefficient (Wildman–Crippen LogP) is 2.37. The van der Waals surface area contributed by atoms with Crippen LogP contribution < -0.4 is 10.6 Å². The first kappa shape index (κ1) is 14.8. The van der Waals surface area contributed by atoms with Crippen molar-refractivity contribution >= 4 is 17.5 Å². The molecule has 0 aliphatic carbocycles. The number of hydrogen-bond acceptors (Lipinski definition) is 7. The van der Waals surface area contributed by atoms with Gasteiger partial charge in [0.25, 0.3) is 0 Å². The molecular formula is C13H17N5O3. The number of aryl methyl sites for hydroxylation is 1. The van der Waals surface area contributed by atoms with Gasteiger partial charge >= 0.3 is 5.69 Å². The summed E-state index contributed by atoms with van der Waals surface area (Å²) in [4.78, 5) is 18.9. The molecule has 2 aromatic heterocycles. The van der Waals surface area contributed by atoms with Crippen LogP contribution in [0.25, 0.3) is 0 Å². The van der Waals surface area contributed by atoms with E-state index in [2.05, 4.69) is 20.6 Å². The van der Waals surface area contributed by atoms with Gasteiger partial charge in [-0.2, -0.15) is 4.98 Å². The third-order valence-electron chi connectivity index (χ3n) is 2.94. The third kappa shape index (κ3) is 3.47. The van der Waals surface area contributed by atoms with Gasteiger partial charge in [-0.15, -0.1) is 0 Å². The number of anilines is 2. The zero-order chi connectivity index (χ0) is 15.4. The summed E-state index contributed by atoms with van der Waals surface area (Å²) in [5.41, 5.74) is 0.201. The zero-order valence-electron chi connectivity index (χ0n) is 12.1. The fraction of sp³-hybridized carbons (Fsp3) is 0.385. The lowest BCUT2D eigenvalue weighted by molar-refractivity contribution is -0.385. The van der Waals surface area contributed by atoms with Crippen LogP contribution in [0.15, 0.2) is 22.8 Å². The summed E-state index contributed by atoms with van der Waals surface area (Å²) in [5.74, 6) is 1.35. The van der Waals surface area contributed by atoms with Crippen molar-refractivity contribution in [3.63, 3.8) is 0 Å². The van der Waals surface area contributed by atoms with Crippen LogP contribution in [0, 0.1) is 17.0 Å². The first-order chi connectivity index (χ1) is 10.0. The van der Waals surface area contributed by atoms with E-state index in [1.54, 1.807) is 26.3 Å². The molecule has 1 atom stereocenters. The van der Waals surface area contributed by atoms with Gasteiger partial charge in [-0.3, -0.25) is 10.1 Å². The average molecular weight is 291 g/mol. The number of aromatic nitrogens is 2. The number of nitro groups is 1. The molecule has 0 radical (unpaired) electrons. The van der Waals surface area contributed by atoms with Crippen molar-refractivity contribution in [1.29, 1.82) is 0 Å². The molecule has 0 bridgehead atoms. The molecule has 8 nitrogen and oxygen atoms in total. The molecule has 2 aromatic rings. The molecule has 21 heavy (non-hydrogen) atoms. The summed E-state index contributed by atoms with van der Waals surface area (Å²) >= 11 is 0. The summed E-state index contributed by atoms with van der Waals surface area (Å²) in [5, 5.41) is 17.0. The molecule has 2 heterocycles. The highest BCUT2D eigenvalue weighted by molar-refractivity contribution is 5.61. The Bertz CT molecular complexity index is 627. The van der Waals surface area contributed by atoms with Gasteiger partial charge in [0.05, 0.1) is 11.2 Å². The van der Waals surface area contributed by atoms with Gasteiger partial charge in [-0.1, -0.05) is 0 Å². The molecule has 0 spiro atoms. The average Bonchev–Trinajstić information content (AvgIpc) is 2.90. The second kappa shape index (κ2) is 6.21. The number of nitrogens with one attached hydrogen (secondary N) is 2. The summed E-state index contributed by atoms with van der Waals surface area (Å²) in [6.45, 7) is 3.49. The lowest BCUT2D eigenvalue weighted by atomic mass is 10.2. The van der Waals surface area contributed by atoms with E-state index < -0.39 is 4.92 Å². The van der Waals surface area contributed by atoms with Crippen LogP contribution in [0.4, 0.5) is 17.5 Å².